The predicted octanol–water partition coefficient (Wildman–Crippen LogP) is 2.89. The highest BCUT2D eigenvalue weighted by Gasteiger charge is 2.19. The molecule has 1 aliphatic heterocycles. The van der Waals surface area contributed by atoms with Crippen LogP contribution in [0.15, 0.2) is 6.33 Å². The normalized spacial score (nSPS) is 16.9. The quantitative estimate of drug-likeness (QED) is 0.809. The molecule has 1 aromatic rings. The van der Waals surface area contributed by atoms with Crippen LogP contribution in [0.2, 0.25) is 0 Å². The first-order chi connectivity index (χ1) is 10.2. The average Bonchev–Trinajstić information content (AvgIpc) is 2.50. The summed E-state index contributed by atoms with van der Waals surface area (Å²) in [6, 6.07) is 0.533. The summed E-state index contributed by atoms with van der Waals surface area (Å²) >= 11 is 0. The summed E-state index contributed by atoms with van der Waals surface area (Å²) in [7, 11) is 0. The van der Waals surface area contributed by atoms with Gasteiger partial charge in [0.2, 0.25) is 0 Å². The van der Waals surface area contributed by atoms with Crippen molar-refractivity contribution in [2.45, 2.75) is 52.5 Å². The Bertz CT molecular complexity index is 427. The van der Waals surface area contributed by atoms with Gasteiger partial charge in [-0.2, -0.15) is 0 Å². The lowest BCUT2D eigenvalue weighted by atomic mass is 10.0. The van der Waals surface area contributed by atoms with E-state index < -0.39 is 0 Å². The Morgan fingerprint density at radius 3 is 2.52 bits per heavy atom. The molecule has 0 radical (unpaired) electrons. The van der Waals surface area contributed by atoms with Gasteiger partial charge < -0.3 is 15.5 Å². The van der Waals surface area contributed by atoms with E-state index in [2.05, 4.69) is 46.3 Å². The minimum atomic E-state index is 0.533. The second-order valence-electron chi connectivity index (χ2n) is 5.88. The van der Waals surface area contributed by atoms with E-state index in [0.29, 0.717) is 6.04 Å². The molecule has 2 rings (SSSR count). The molecule has 0 aliphatic carbocycles. The second-order valence-corrected chi connectivity index (χ2v) is 5.88. The summed E-state index contributed by atoms with van der Waals surface area (Å²) in [5, 5.41) is 6.98. The molecule has 5 heteroatoms. The number of aromatic nitrogens is 2. The lowest BCUT2D eigenvalue weighted by Gasteiger charge is -2.32. The van der Waals surface area contributed by atoms with Gasteiger partial charge in [0.15, 0.2) is 0 Å². The zero-order valence-electron chi connectivity index (χ0n) is 13.7. The van der Waals surface area contributed by atoms with Crippen molar-refractivity contribution < 1.29 is 0 Å². The molecule has 0 unspecified atom stereocenters. The van der Waals surface area contributed by atoms with Gasteiger partial charge in [-0.3, -0.25) is 0 Å². The van der Waals surface area contributed by atoms with Crippen molar-refractivity contribution in [2.24, 2.45) is 0 Å². The Labute approximate surface area is 128 Å². The van der Waals surface area contributed by atoms with E-state index >= 15 is 0 Å². The zero-order chi connectivity index (χ0) is 15.1. The number of hydrogen-bond donors (Lipinski definition) is 2. The smallest absolute Gasteiger partial charge is 0.134 e. The Balaban J connectivity index is 1.91. The van der Waals surface area contributed by atoms with Gasteiger partial charge in [-0.15, -0.1) is 0 Å². The summed E-state index contributed by atoms with van der Waals surface area (Å²) in [5.41, 5.74) is 1.13. The van der Waals surface area contributed by atoms with E-state index in [-0.39, 0.29) is 0 Å². The maximum absolute atomic E-state index is 4.42. The largest absolute Gasteiger partial charge is 0.370 e. The van der Waals surface area contributed by atoms with Crippen molar-refractivity contribution >= 4 is 11.6 Å². The average molecular weight is 291 g/mol. The topological polar surface area (TPSA) is 53.1 Å². The van der Waals surface area contributed by atoms with E-state index in [1.165, 1.54) is 38.9 Å². The summed E-state index contributed by atoms with van der Waals surface area (Å²) in [4.78, 5) is 11.3. The SMILES string of the molecule is CCCNc1ncnc(NC2CCN(CCC)CC2)c1C. The standard InChI is InChI=1S/C16H29N5/c1-4-8-17-15-13(3)16(19-12-18-15)20-14-6-10-21(9-5-2)11-7-14/h12,14H,4-11H2,1-3H3,(H2,17,18,19,20). The fraction of sp³-hybridized carbons (Fsp3) is 0.750. The molecule has 2 N–H and O–H groups in total. The zero-order valence-corrected chi connectivity index (χ0v) is 13.7. The molecular formula is C16H29N5. The molecule has 2 heterocycles. The highest BCUT2D eigenvalue weighted by molar-refractivity contribution is 5.56. The second kappa shape index (κ2) is 8.17. The predicted molar refractivity (Wildman–Crippen MR) is 88.9 cm³/mol. The Morgan fingerprint density at radius 2 is 1.86 bits per heavy atom. The number of nitrogens with one attached hydrogen (secondary N) is 2. The highest BCUT2D eigenvalue weighted by Crippen LogP contribution is 2.21. The van der Waals surface area contributed by atoms with E-state index in [0.717, 1.165) is 30.2 Å². The first-order valence-corrected chi connectivity index (χ1v) is 8.29. The van der Waals surface area contributed by atoms with Crippen molar-refractivity contribution in [3.05, 3.63) is 11.9 Å². The van der Waals surface area contributed by atoms with Crippen molar-refractivity contribution in [2.75, 3.05) is 36.8 Å². The van der Waals surface area contributed by atoms with E-state index in [1.54, 1.807) is 6.33 Å². The number of piperidine rings is 1. The van der Waals surface area contributed by atoms with Crippen LogP contribution in [0.5, 0.6) is 0 Å². The Hall–Kier alpha value is -1.36. The lowest BCUT2D eigenvalue weighted by molar-refractivity contribution is 0.219. The molecule has 1 aliphatic rings. The van der Waals surface area contributed by atoms with Gasteiger partial charge >= 0.3 is 0 Å². The van der Waals surface area contributed by atoms with Gasteiger partial charge in [0.1, 0.15) is 18.0 Å². The Kier molecular flexibility index (Phi) is 6.23. The molecule has 21 heavy (non-hydrogen) atoms. The number of likely N-dealkylation sites (tertiary alicyclic amines) is 1. The fourth-order valence-electron chi connectivity index (χ4n) is 2.83. The van der Waals surface area contributed by atoms with Gasteiger partial charge in [0.25, 0.3) is 0 Å². The van der Waals surface area contributed by atoms with E-state index in [1.807, 2.05) is 0 Å². The van der Waals surface area contributed by atoms with Crippen LogP contribution in [-0.4, -0.2) is 47.1 Å². The summed E-state index contributed by atoms with van der Waals surface area (Å²) in [6.45, 7) is 11.1. The van der Waals surface area contributed by atoms with Crippen LogP contribution < -0.4 is 10.6 Å². The van der Waals surface area contributed by atoms with Crippen LogP contribution >= 0.6 is 0 Å². The van der Waals surface area contributed by atoms with Gasteiger partial charge in [-0.25, -0.2) is 9.97 Å². The van der Waals surface area contributed by atoms with Gasteiger partial charge in [-0.05, 0) is 39.2 Å². The number of nitrogens with zero attached hydrogens (tertiary/aromatic N) is 3. The lowest BCUT2D eigenvalue weighted by Crippen LogP contribution is -2.39. The third-order valence-corrected chi connectivity index (χ3v) is 4.09. The summed E-state index contributed by atoms with van der Waals surface area (Å²) < 4.78 is 0. The molecule has 0 bridgehead atoms. The van der Waals surface area contributed by atoms with Crippen LogP contribution in [0.3, 0.4) is 0 Å². The van der Waals surface area contributed by atoms with Crippen LogP contribution in [-0.2, 0) is 0 Å². The molecule has 0 aromatic carbocycles. The van der Waals surface area contributed by atoms with Crippen molar-refractivity contribution in [1.82, 2.24) is 14.9 Å². The summed E-state index contributed by atoms with van der Waals surface area (Å²) in [6.07, 6.45) is 6.39. The van der Waals surface area contributed by atoms with Gasteiger partial charge in [0, 0.05) is 31.2 Å². The molecule has 1 fully saturated rings. The third-order valence-electron chi connectivity index (χ3n) is 4.09. The minimum absolute atomic E-state index is 0.533. The molecule has 1 saturated heterocycles. The molecule has 0 spiro atoms. The first-order valence-electron chi connectivity index (χ1n) is 8.29. The number of rotatable bonds is 7. The first kappa shape index (κ1) is 16.0. The molecule has 5 nitrogen and oxygen atoms in total. The molecule has 0 atom stereocenters. The van der Waals surface area contributed by atoms with Crippen LogP contribution in [0.25, 0.3) is 0 Å². The van der Waals surface area contributed by atoms with Crippen LogP contribution in [0.4, 0.5) is 11.6 Å². The van der Waals surface area contributed by atoms with Gasteiger partial charge in [0.05, 0.1) is 0 Å². The Morgan fingerprint density at radius 1 is 1.14 bits per heavy atom. The van der Waals surface area contributed by atoms with E-state index in [4.69, 9.17) is 0 Å². The molecular weight excluding hydrogens is 262 g/mol. The maximum Gasteiger partial charge on any atom is 0.134 e. The monoisotopic (exact) mass is 291 g/mol. The van der Waals surface area contributed by atoms with Crippen molar-refractivity contribution in [3.8, 4) is 0 Å². The van der Waals surface area contributed by atoms with Gasteiger partial charge in [-0.1, -0.05) is 13.8 Å². The highest BCUT2D eigenvalue weighted by atomic mass is 15.2. The third kappa shape index (κ3) is 4.56. The number of hydrogen-bond acceptors (Lipinski definition) is 5. The number of anilines is 2. The van der Waals surface area contributed by atoms with Crippen LogP contribution in [0.1, 0.15) is 45.1 Å². The van der Waals surface area contributed by atoms with Crippen LogP contribution in [0, 0.1) is 6.92 Å². The molecule has 0 saturated carbocycles. The minimum Gasteiger partial charge on any atom is -0.370 e. The van der Waals surface area contributed by atoms with Crippen molar-refractivity contribution in [1.29, 1.82) is 0 Å². The van der Waals surface area contributed by atoms with E-state index in [9.17, 15) is 0 Å². The summed E-state index contributed by atoms with van der Waals surface area (Å²) in [5.74, 6) is 1.94. The molecule has 0 amide bonds. The molecule has 1 aromatic heterocycles. The molecule has 118 valence electrons. The fourth-order valence-corrected chi connectivity index (χ4v) is 2.83. The maximum atomic E-state index is 4.42. The van der Waals surface area contributed by atoms with Crippen molar-refractivity contribution in [3.63, 3.8) is 0 Å².